The minimum atomic E-state index is -0.393. The van der Waals surface area contributed by atoms with Crippen molar-refractivity contribution in [2.24, 2.45) is 5.92 Å². The van der Waals surface area contributed by atoms with Crippen molar-refractivity contribution in [1.29, 1.82) is 0 Å². The van der Waals surface area contributed by atoms with E-state index in [4.69, 9.17) is 4.74 Å². The van der Waals surface area contributed by atoms with E-state index in [0.717, 1.165) is 51.0 Å². The van der Waals surface area contributed by atoms with Gasteiger partial charge in [-0.3, -0.25) is 4.79 Å². The first kappa shape index (κ1) is 15.5. The highest BCUT2D eigenvalue weighted by molar-refractivity contribution is 5.83. The second-order valence-electron chi connectivity index (χ2n) is 6.28. The van der Waals surface area contributed by atoms with E-state index in [0.29, 0.717) is 12.5 Å². The van der Waals surface area contributed by atoms with Gasteiger partial charge in [-0.15, -0.1) is 0 Å². The van der Waals surface area contributed by atoms with Crippen LogP contribution < -0.4 is 5.32 Å². The van der Waals surface area contributed by atoms with Crippen LogP contribution in [0.3, 0.4) is 0 Å². The fraction of sp³-hybridized carbons (Fsp3) is 0.611. The summed E-state index contributed by atoms with van der Waals surface area (Å²) in [7, 11) is 0. The molecule has 0 bridgehead atoms. The number of ether oxygens (including phenoxy) is 1. The largest absolute Gasteiger partial charge is 0.363 e. The first-order valence-corrected chi connectivity index (χ1v) is 8.48. The summed E-state index contributed by atoms with van der Waals surface area (Å²) in [6.45, 7) is 6.59. The molecule has 0 aromatic heterocycles. The number of hydrogen-bond donors (Lipinski definition) is 1. The van der Waals surface area contributed by atoms with Gasteiger partial charge in [0.25, 0.3) is 5.91 Å². The molecule has 1 saturated heterocycles. The SMILES string of the molecule is CCNCC1CCN(C(=O)C2OCCc3ccccc32)CC1. The number of amides is 1. The Morgan fingerprint density at radius 3 is 2.86 bits per heavy atom. The fourth-order valence-corrected chi connectivity index (χ4v) is 3.47. The van der Waals surface area contributed by atoms with Crippen LogP contribution in [0.25, 0.3) is 0 Å². The Morgan fingerprint density at radius 1 is 1.32 bits per heavy atom. The Labute approximate surface area is 132 Å². The van der Waals surface area contributed by atoms with Gasteiger partial charge in [0.1, 0.15) is 0 Å². The van der Waals surface area contributed by atoms with Gasteiger partial charge in [-0.2, -0.15) is 0 Å². The van der Waals surface area contributed by atoms with Gasteiger partial charge in [0.2, 0.25) is 0 Å². The first-order valence-electron chi connectivity index (χ1n) is 8.48. The second-order valence-corrected chi connectivity index (χ2v) is 6.28. The van der Waals surface area contributed by atoms with Crippen molar-refractivity contribution in [2.75, 3.05) is 32.8 Å². The minimum Gasteiger partial charge on any atom is -0.363 e. The molecule has 1 fully saturated rings. The summed E-state index contributed by atoms with van der Waals surface area (Å²) in [6.07, 6.45) is 2.69. The van der Waals surface area contributed by atoms with E-state index in [-0.39, 0.29) is 5.91 Å². The molecule has 22 heavy (non-hydrogen) atoms. The third kappa shape index (κ3) is 3.33. The minimum absolute atomic E-state index is 0.147. The van der Waals surface area contributed by atoms with Gasteiger partial charge < -0.3 is 15.0 Å². The predicted molar refractivity (Wildman–Crippen MR) is 86.7 cm³/mol. The van der Waals surface area contributed by atoms with E-state index in [2.05, 4.69) is 18.3 Å². The lowest BCUT2D eigenvalue weighted by Crippen LogP contribution is -2.44. The monoisotopic (exact) mass is 302 g/mol. The second kappa shape index (κ2) is 7.25. The van der Waals surface area contributed by atoms with Gasteiger partial charge in [-0.05, 0) is 49.4 Å². The zero-order chi connectivity index (χ0) is 15.4. The molecule has 2 aliphatic heterocycles. The van der Waals surface area contributed by atoms with E-state index in [1.807, 2.05) is 23.1 Å². The van der Waals surface area contributed by atoms with Crippen LogP contribution in [0.4, 0.5) is 0 Å². The number of hydrogen-bond acceptors (Lipinski definition) is 3. The van der Waals surface area contributed by atoms with Crippen LogP contribution in [0.2, 0.25) is 0 Å². The molecule has 3 rings (SSSR count). The van der Waals surface area contributed by atoms with Crippen LogP contribution >= 0.6 is 0 Å². The number of fused-ring (bicyclic) bond motifs is 1. The average molecular weight is 302 g/mol. The molecule has 4 nitrogen and oxygen atoms in total. The van der Waals surface area contributed by atoms with Crippen LogP contribution in [0.5, 0.6) is 0 Å². The van der Waals surface area contributed by atoms with E-state index >= 15 is 0 Å². The van der Waals surface area contributed by atoms with Crippen LogP contribution in [0.15, 0.2) is 24.3 Å². The highest BCUT2D eigenvalue weighted by Crippen LogP contribution is 2.30. The molecule has 1 amide bonds. The quantitative estimate of drug-likeness (QED) is 0.926. The van der Waals surface area contributed by atoms with Crippen molar-refractivity contribution in [1.82, 2.24) is 10.2 Å². The lowest BCUT2D eigenvalue weighted by atomic mass is 9.94. The molecule has 2 heterocycles. The molecule has 1 aromatic carbocycles. The number of likely N-dealkylation sites (tertiary alicyclic amines) is 1. The maximum absolute atomic E-state index is 12.8. The molecule has 2 aliphatic rings. The van der Waals surface area contributed by atoms with Crippen molar-refractivity contribution in [3.05, 3.63) is 35.4 Å². The van der Waals surface area contributed by atoms with Crippen molar-refractivity contribution in [3.63, 3.8) is 0 Å². The Hall–Kier alpha value is -1.39. The molecule has 120 valence electrons. The molecular weight excluding hydrogens is 276 g/mol. The molecular formula is C18H26N2O2. The maximum Gasteiger partial charge on any atom is 0.256 e. The Bertz CT molecular complexity index is 510. The Morgan fingerprint density at radius 2 is 2.09 bits per heavy atom. The molecule has 1 aromatic rings. The van der Waals surface area contributed by atoms with Gasteiger partial charge in [-0.25, -0.2) is 0 Å². The van der Waals surface area contributed by atoms with Crippen molar-refractivity contribution in [3.8, 4) is 0 Å². The van der Waals surface area contributed by atoms with Gasteiger partial charge in [-0.1, -0.05) is 31.2 Å². The number of carbonyl (C=O) groups is 1. The number of rotatable bonds is 4. The number of nitrogens with zero attached hydrogens (tertiary/aromatic N) is 1. The molecule has 1 atom stereocenters. The van der Waals surface area contributed by atoms with E-state index in [1.165, 1.54) is 5.56 Å². The van der Waals surface area contributed by atoms with Gasteiger partial charge in [0.15, 0.2) is 6.10 Å². The standard InChI is InChI=1S/C18H26N2O2/c1-2-19-13-14-7-10-20(11-8-14)18(21)17-16-6-4-3-5-15(16)9-12-22-17/h3-6,14,17,19H,2,7-13H2,1H3. The molecule has 1 unspecified atom stereocenters. The maximum atomic E-state index is 12.8. The normalized spacial score (nSPS) is 22.4. The van der Waals surface area contributed by atoms with Crippen molar-refractivity contribution in [2.45, 2.75) is 32.3 Å². The van der Waals surface area contributed by atoms with Crippen LogP contribution in [-0.4, -0.2) is 43.6 Å². The van der Waals surface area contributed by atoms with Crippen LogP contribution in [0.1, 0.15) is 37.0 Å². The third-order valence-electron chi connectivity index (χ3n) is 4.83. The number of piperidine rings is 1. The summed E-state index contributed by atoms with van der Waals surface area (Å²) in [4.78, 5) is 14.8. The van der Waals surface area contributed by atoms with Gasteiger partial charge in [0.05, 0.1) is 6.61 Å². The van der Waals surface area contributed by atoms with Crippen LogP contribution in [0, 0.1) is 5.92 Å². The topological polar surface area (TPSA) is 41.6 Å². The van der Waals surface area contributed by atoms with E-state index in [9.17, 15) is 4.79 Å². The third-order valence-corrected chi connectivity index (χ3v) is 4.83. The zero-order valence-corrected chi connectivity index (χ0v) is 13.4. The predicted octanol–water partition coefficient (Wildman–Crippen LogP) is 2.15. The van der Waals surface area contributed by atoms with Gasteiger partial charge >= 0.3 is 0 Å². The molecule has 1 N–H and O–H groups in total. The van der Waals surface area contributed by atoms with Crippen molar-refractivity contribution >= 4 is 5.91 Å². The molecule has 0 radical (unpaired) electrons. The Balaban J connectivity index is 1.61. The lowest BCUT2D eigenvalue weighted by molar-refractivity contribution is -0.146. The summed E-state index contributed by atoms with van der Waals surface area (Å²) in [6, 6.07) is 8.18. The summed E-state index contributed by atoms with van der Waals surface area (Å²) in [5.74, 6) is 0.845. The Kier molecular flexibility index (Phi) is 5.11. The van der Waals surface area contributed by atoms with Crippen molar-refractivity contribution < 1.29 is 9.53 Å². The molecule has 0 spiro atoms. The number of nitrogens with one attached hydrogen (secondary N) is 1. The van der Waals surface area contributed by atoms with E-state index in [1.54, 1.807) is 0 Å². The zero-order valence-electron chi connectivity index (χ0n) is 13.4. The van der Waals surface area contributed by atoms with E-state index < -0.39 is 6.10 Å². The first-order chi connectivity index (χ1) is 10.8. The fourth-order valence-electron chi connectivity index (χ4n) is 3.47. The van der Waals surface area contributed by atoms with Gasteiger partial charge in [0, 0.05) is 13.1 Å². The highest BCUT2D eigenvalue weighted by atomic mass is 16.5. The lowest BCUT2D eigenvalue weighted by Gasteiger charge is -2.35. The summed E-state index contributed by atoms with van der Waals surface area (Å²) in [5.41, 5.74) is 2.32. The summed E-state index contributed by atoms with van der Waals surface area (Å²) >= 11 is 0. The van der Waals surface area contributed by atoms with Crippen LogP contribution in [-0.2, 0) is 16.0 Å². The molecule has 0 saturated carbocycles. The summed E-state index contributed by atoms with van der Waals surface area (Å²) < 4.78 is 5.81. The number of benzene rings is 1. The molecule has 0 aliphatic carbocycles. The molecule has 4 heteroatoms. The summed E-state index contributed by atoms with van der Waals surface area (Å²) in [5, 5.41) is 3.41. The highest BCUT2D eigenvalue weighted by Gasteiger charge is 2.32. The number of carbonyl (C=O) groups excluding carboxylic acids is 1. The smallest absolute Gasteiger partial charge is 0.256 e. The average Bonchev–Trinajstić information content (AvgIpc) is 2.59.